The van der Waals surface area contributed by atoms with Crippen molar-refractivity contribution in [2.24, 2.45) is 45.3 Å². The molecule has 0 spiro atoms. The van der Waals surface area contributed by atoms with Crippen molar-refractivity contribution in [3.05, 3.63) is 37.0 Å². The molecule has 4 rings (SSSR count). The van der Waals surface area contributed by atoms with Gasteiger partial charge in [0.2, 0.25) is 0 Å². The van der Waals surface area contributed by atoms with Crippen molar-refractivity contribution in [2.75, 3.05) is 0 Å². The highest BCUT2D eigenvalue weighted by atomic mass is 16.3. The Kier molecular flexibility index (Phi) is 10.8. The van der Waals surface area contributed by atoms with Crippen LogP contribution in [0.3, 0.4) is 0 Å². The van der Waals surface area contributed by atoms with Crippen molar-refractivity contribution in [1.82, 2.24) is 0 Å². The number of rotatable bonds is 7. The van der Waals surface area contributed by atoms with Crippen LogP contribution in [0, 0.1) is 45.3 Å². The monoisotopic (exact) mass is 599 g/mol. The lowest BCUT2D eigenvalue weighted by Crippen LogP contribution is -2.57. The van der Waals surface area contributed by atoms with Crippen LogP contribution < -0.4 is 0 Å². The second-order valence-corrected chi connectivity index (χ2v) is 18.2. The highest BCUT2D eigenvalue weighted by Crippen LogP contribution is 2.64. The maximum atomic E-state index is 11.1. The first-order chi connectivity index (χ1) is 19.6. The molecule has 0 saturated heterocycles. The normalized spacial score (nSPS) is 43.6. The Labute approximate surface area is 266 Å². The molecule has 2 unspecified atom stereocenters. The topological polar surface area (TPSA) is 60.7 Å². The third kappa shape index (κ3) is 7.57. The Bertz CT molecular complexity index is 1010. The van der Waals surface area contributed by atoms with E-state index in [4.69, 9.17) is 0 Å². The molecule has 0 aromatic carbocycles. The maximum Gasteiger partial charge on any atom is 0.0797 e. The number of allylic oxidation sites excluding steroid dienone is 3. The highest BCUT2D eigenvalue weighted by molar-refractivity contribution is 5.16. The van der Waals surface area contributed by atoms with Gasteiger partial charge in [0.15, 0.2) is 0 Å². The molecule has 4 fully saturated rings. The zero-order valence-electron chi connectivity index (χ0n) is 30.0. The Morgan fingerprint density at radius 3 is 1.63 bits per heavy atom. The van der Waals surface area contributed by atoms with Gasteiger partial charge in [0.25, 0.3) is 0 Å². The van der Waals surface area contributed by atoms with Gasteiger partial charge < -0.3 is 15.3 Å². The van der Waals surface area contributed by atoms with Gasteiger partial charge in [-0.05, 0) is 144 Å². The summed E-state index contributed by atoms with van der Waals surface area (Å²) in [6.45, 7) is 30.2. The van der Waals surface area contributed by atoms with Crippen LogP contribution in [-0.4, -0.2) is 32.1 Å². The van der Waals surface area contributed by atoms with E-state index in [-0.39, 0.29) is 16.7 Å². The SMILES string of the molecule is C=C/C(C)=C\C[C@@H]1[C@@]2(C)CCCC(C)(C)C2CC[C@@]1(C)O.C=C[C@](C)(O)CC[C@@H]1[C@@]2(C)CCCC(C)(C)C2CC[C@@]1(C)O. The van der Waals surface area contributed by atoms with E-state index >= 15 is 0 Å². The molecule has 4 aliphatic rings. The van der Waals surface area contributed by atoms with Crippen LogP contribution >= 0.6 is 0 Å². The molecule has 248 valence electrons. The van der Waals surface area contributed by atoms with E-state index in [0.717, 1.165) is 38.0 Å². The lowest BCUT2D eigenvalue weighted by atomic mass is 9.45. The standard InChI is InChI=1S/C20H36O2.C20H34O/c1-7-18(4,21)13-9-16-19(5)12-8-11-17(2,3)15(19)10-14-20(16,6)22;1-7-15(2)9-10-17-19(5)13-8-12-18(3,4)16(19)11-14-20(17,6)21/h7,15-16,21-22H,1,8-14H2,2-6H3;7,9,16-17,21H,1,8,10-14H2,2-6H3/b;15-9-/t15?,16-,18+,19+,20-;16?,17-,19+,20-/m11/s1. The predicted molar refractivity (Wildman–Crippen MR) is 184 cm³/mol. The molecule has 3 nitrogen and oxygen atoms in total. The van der Waals surface area contributed by atoms with Crippen molar-refractivity contribution in [3.63, 3.8) is 0 Å². The van der Waals surface area contributed by atoms with E-state index < -0.39 is 16.8 Å². The first-order valence-corrected chi connectivity index (χ1v) is 17.7. The summed E-state index contributed by atoms with van der Waals surface area (Å²) >= 11 is 0. The molecule has 43 heavy (non-hydrogen) atoms. The largest absolute Gasteiger partial charge is 0.390 e. The Hall–Kier alpha value is -0.900. The number of hydrogen-bond acceptors (Lipinski definition) is 3. The predicted octanol–water partition coefficient (Wildman–Crippen LogP) is 10.2. The Morgan fingerprint density at radius 1 is 0.744 bits per heavy atom. The van der Waals surface area contributed by atoms with Crippen molar-refractivity contribution in [3.8, 4) is 0 Å². The molecule has 0 radical (unpaired) electrons. The fourth-order valence-electron chi connectivity index (χ4n) is 11.3. The summed E-state index contributed by atoms with van der Waals surface area (Å²) in [5, 5.41) is 32.4. The van der Waals surface area contributed by atoms with Gasteiger partial charge in [-0.25, -0.2) is 0 Å². The molecule has 9 atom stereocenters. The highest BCUT2D eigenvalue weighted by Gasteiger charge is 2.59. The number of fused-ring (bicyclic) bond motifs is 2. The second kappa shape index (κ2) is 12.7. The Balaban J connectivity index is 0.000000236. The minimum absolute atomic E-state index is 0.181. The molecule has 4 saturated carbocycles. The van der Waals surface area contributed by atoms with Gasteiger partial charge in [-0.3, -0.25) is 0 Å². The van der Waals surface area contributed by atoms with Crippen LogP contribution in [0.5, 0.6) is 0 Å². The Morgan fingerprint density at radius 2 is 1.19 bits per heavy atom. The first kappa shape index (κ1) is 36.6. The minimum atomic E-state index is -0.830. The fraction of sp³-hybridized carbons (Fsp3) is 0.850. The van der Waals surface area contributed by atoms with Gasteiger partial charge in [-0.15, -0.1) is 6.58 Å². The molecule has 3 heteroatoms. The average Bonchev–Trinajstić information content (AvgIpc) is 2.86. The van der Waals surface area contributed by atoms with E-state index in [9.17, 15) is 15.3 Å². The number of hydrogen-bond donors (Lipinski definition) is 3. The minimum Gasteiger partial charge on any atom is -0.390 e. The molecule has 0 amide bonds. The molecule has 0 aromatic heterocycles. The molecule has 4 aliphatic carbocycles. The van der Waals surface area contributed by atoms with Gasteiger partial charge in [-0.1, -0.05) is 84.8 Å². The number of aliphatic hydroxyl groups is 3. The van der Waals surface area contributed by atoms with E-state index in [0.29, 0.717) is 29.1 Å². The van der Waals surface area contributed by atoms with Crippen molar-refractivity contribution in [1.29, 1.82) is 0 Å². The molecule has 3 N–H and O–H groups in total. The molecule has 0 aromatic rings. The van der Waals surface area contributed by atoms with Crippen molar-refractivity contribution >= 4 is 0 Å². The summed E-state index contributed by atoms with van der Waals surface area (Å²) in [4.78, 5) is 0. The summed E-state index contributed by atoms with van der Waals surface area (Å²) in [5.41, 5.74) is 0.478. The van der Waals surface area contributed by atoms with Crippen LogP contribution in [0.2, 0.25) is 0 Å². The van der Waals surface area contributed by atoms with Gasteiger partial charge in [-0.2, -0.15) is 0 Å². The fourth-order valence-corrected chi connectivity index (χ4v) is 11.3. The van der Waals surface area contributed by atoms with Gasteiger partial charge >= 0.3 is 0 Å². The van der Waals surface area contributed by atoms with Gasteiger partial charge in [0.1, 0.15) is 0 Å². The third-order valence-corrected chi connectivity index (χ3v) is 13.9. The van der Waals surface area contributed by atoms with Crippen LogP contribution in [0.15, 0.2) is 37.0 Å². The molecular weight excluding hydrogens is 528 g/mol. The van der Waals surface area contributed by atoms with Crippen LogP contribution in [0.4, 0.5) is 0 Å². The van der Waals surface area contributed by atoms with Gasteiger partial charge in [0, 0.05) is 0 Å². The van der Waals surface area contributed by atoms with Gasteiger partial charge in [0.05, 0.1) is 16.8 Å². The second-order valence-electron chi connectivity index (χ2n) is 18.2. The van der Waals surface area contributed by atoms with E-state index in [2.05, 4.69) is 74.6 Å². The third-order valence-electron chi connectivity index (χ3n) is 13.9. The van der Waals surface area contributed by atoms with E-state index in [1.165, 1.54) is 50.5 Å². The summed E-state index contributed by atoms with van der Waals surface area (Å²) in [6, 6.07) is 0. The molecule has 0 bridgehead atoms. The molecular formula is C40H70O3. The summed E-state index contributed by atoms with van der Waals surface area (Å²) in [6.07, 6.45) is 20.2. The first-order valence-electron chi connectivity index (χ1n) is 17.7. The van der Waals surface area contributed by atoms with E-state index in [1.807, 2.05) is 19.9 Å². The lowest BCUT2D eigenvalue weighted by Gasteiger charge is -2.61. The maximum absolute atomic E-state index is 11.1. The van der Waals surface area contributed by atoms with Crippen LogP contribution in [0.1, 0.15) is 153 Å². The summed E-state index contributed by atoms with van der Waals surface area (Å²) < 4.78 is 0. The van der Waals surface area contributed by atoms with Crippen molar-refractivity contribution < 1.29 is 15.3 Å². The van der Waals surface area contributed by atoms with Crippen molar-refractivity contribution in [2.45, 2.75) is 170 Å². The summed E-state index contributed by atoms with van der Waals surface area (Å²) in [5.74, 6) is 2.03. The molecule has 0 heterocycles. The van der Waals surface area contributed by atoms with Crippen LogP contribution in [0.25, 0.3) is 0 Å². The quantitative estimate of drug-likeness (QED) is 0.202. The zero-order valence-corrected chi connectivity index (χ0v) is 30.0. The van der Waals surface area contributed by atoms with E-state index in [1.54, 1.807) is 6.08 Å². The summed E-state index contributed by atoms with van der Waals surface area (Å²) in [7, 11) is 0. The zero-order chi connectivity index (χ0) is 32.7. The smallest absolute Gasteiger partial charge is 0.0797 e. The molecule has 0 aliphatic heterocycles. The lowest BCUT2D eigenvalue weighted by molar-refractivity contribution is -0.171. The average molecular weight is 599 g/mol. The van der Waals surface area contributed by atoms with Crippen LogP contribution in [-0.2, 0) is 0 Å².